The molecule has 1 aliphatic rings. The first kappa shape index (κ1) is 26.4. The second kappa shape index (κ2) is 9.13. The van der Waals surface area contributed by atoms with E-state index in [0.717, 1.165) is 21.3 Å². The molecule has 10 nitrogen and oxygen atoms in total. The molecular formula is C27H18ClF3N4O6. The van der Waals surface area contributed by atoms with Crippen molar-refractivity contribution in [2.45, 2.75) is 25.2 Å². The topological polar surface area (TPSA) is 118 Å². The molecule has 1 aliphatic heterocycles. The molecule has 1 N–H and O–H groups in total. The molecule has 2 aromatic heterocycles. The number of carbonyl (C=O) groups excluding carboxylic acids is 2. The highest BCUT2D eigenvalue weighted by molar-refractivity contribution is 6.32. The van der Waals surface area contributed by atoms with Gasteiger partial charge in [-0.3, -0.25) is 14.7 Å². The number of hydrogen-bond donors (Lipinski definition) is 1. The van der Waals surface area contributed by atoms with Gasteiger partial charge >= 0.3 is 18.0 Å². The number of alkyl carbamates (subject to hydrolysis) is 1. The van der Waals surface area contributed by atoms with Crippen LogP contribution < -0.4 is 15.7 Å². The number of methoxy groups -OCH3 is 1. The molecule has 5 aromatic rings. The van der Waals surface area contributed by atoms with E-state index in [1.807, 2.05) is 5.32 Å². The van der Waals surface area contributed by atoms with Gasteiger partial charge in [0.2, 0.25) is 5.60 Å². The number of nitrogens with zero attached hydrogens (tertiary/aromatic N) is 3. The fourth-order valence-electron chi connectivity index (χ4n) is 4.85. The lowest BCUT2D eigenvalue weighted by atomic mass is 9.93. The van der Waals surface area contributed by atoms with Gasteiger partial charge in [-0.05, 0) is 55.0 Å². The third kappa shape index (κ3) is 4.20. The summed E-state index contributed by atoms with van der Waals surface area (Å²) >= 11 is 6.33. The first-order chi connectivity index (χ1) is 19.4. The number of nitrogens with one attached hydrogen (secondary N) is 1. The van der Waals surface area contributed by atoms with E-state index >= 15 is 0 Å². The van der Waals surface area contributed by atoms with Crippen molar-refractivity contribution in [3.8, 4) is 11.6 Å². The summed E-state index contributed by atoms with van der Waals surface area (Å²) in [7, 11) is 1.47. The number of benzene rings is 3. The molecule has 3 heterocycles. The summed E-state index contributed by atoms with van der Waals surface area (Å²) in [5, 5.41) is 6.63. The monoisotopic (exact) mass is 586 g/mol. The molecule has 0 saturated carbocycles. The highest BCUT2D eigenvalue weighted by Gasteiger charge is 2.47. The van der Waals surface area contributed by atoms with E-state index in [2.05, 4.69) is 5.16 Å². The number of alkyl halides is 3. The van der Waals surface area contributed by atoms with Gasteiger partial charge in [0.25, 0.3) is 5.91 Å². The van der Waals surface area contributed by atoms with Gasteiger partial charge in [-0.15, -0.1) is 0 Å². The minimum atomic E-state index is -4.67. The van der Waals surface area contributed by atoms with Crippen LogP contribution in [0.1, 0.15) is 23.6 Å². The number of imidazole rings is 1. The summed E-state index contributed by atoms with van der Waals surface area (Å²) < 4.78 is 59.1. The van der Waals surface area contributed by atoms with Gasteiger partial charge in [0.15, 0.2) is 11.4 Å². The second-order valence-electron chi connectivity index (χ2n) is 9.46. The molecule has 0 spiro atoms. The van der Waals surface area contributed by atoms with Gasteiger partial charge in [0, 0.05) is 16.7 Å². The highest BCUT2D eigenvalue weighted by atomic mass is 35.5. The van der Waals surface area contributed by atoms with Crippen molar-refractivity contribution in [3.63, 3.8) is 0 Å². The fourth-order valence-corrected chi connectivity index (χ4v) is 5.15. The number of hydrogen-bond acceptors (Lipinski definition) is 7. The average molecular weight is 587 g/mol. The van der Waals surface area contributed by atoms with E-state index in [0.29, 0.717) is 22.3 Å². The van der Waals surface area contributed by atoms with Crippen molar-refractivity contribution in [1.82, 2.24) is 19.6 Å². The van der Waals surface area contributed by atoms with Crippen LogP contribution in [0.15, 0.2) is 63.9 Å². The van der Waals surface area contributed by atoms with E-state index in [-0.39, 0.29) is 34.0 Å². The standard InChI is InChI=1S/C27H18ClF3N4O6/c1-26(23(36)32-24(37)40-26)17-9-13(3-7-18(17)28)12-34-20-10-14(27(29,30)31)4-8-19(20)35(25(34)38)22-16-6-5-15(39-2)11-21(16)41-33-22/h3-11H,12H2,1-2H3,(H,32,36,37)/t26-/m1/s1. The van der Waals surface area contributed by atoms with Crippen molar-refractivity contribution in [3.05, 3.63) is 86.8 Å². The Labute approximate surface area is 232 Å². The quantitative estimate of drug-likeness (QED) is 0.303. The molecule has 6 rings (SSSR count). The number of aromatic nitrogens is 3. The molecule has 0 aliphatic carbocycles. The van der Waals surface area contributed by atoms with E-state index in [1.54, 1.807) is 24.3 Å². The number of cyclic esters (lactones) is 1. The Hall–Kier alpha value is -4.78. The zero-order valence-electron chi connectivity index (χ0n) is 21.2. The first-order valence-corrected chi connectivity index (χ1v) is 12.4. The maximum Gasteiger partial charge on any atom is 0.416 e. The summed E-state index contributed by atoms with van der Waals surface area (Å²) in [5.74, 6) is -0.173. The highest BCUT2D eigenvalue weighted by Crippen LogP contribution is 2.36. The lowest BCUT2D eigenvalue weighted by Crippen LogP contribution is -2.33. The molecule has 3 aromatic carbocycles. The van der Waals surface area contributed by atoms with Crippen LogP contribution in [-0.4, -0.2) is 33.4 Å². The molecule has 2 amide bonds. The van der Waals surface area contributed by atoms with Crippen LogP contribution in [0.25, 0.3) is 27.8 Å². The lowest BCUT2D eigenvalue weighted by Gasteiger charge is -2.21. The number of halogens is 4. The lowest BCUT2D eigenvalue weighted by molar-refractivity contribution is -0.137. The van der Waals surface area contributed by atoms with Gasteiger partial charge in [0.05, 0.1) is 35.6 Å². The fraction of sp³-hybridized carbons (Fsp3) is 0.185. The van der Waals surface area contributed by atoms with Gasteiger partial charge in [0.1, 0.15) is 5.75 Å². The van der Waals surface area contributed by atoms with Gasteiger partial charge in [-0.1, -0.05) is 22.8 Å². The average Bonchev–Trinajstić information content (AvgIpc) is 3.54. The Morgan fingerprint density at radius 1 is 1.05 bits per heavy atom. The molecule has 1 saturated heterocycles. The molecule has 0 unspecified atom stereocenters. The van der Waals surface area contributed by atoms with Crippen molar-refractivity contribution < 1.29 is 36.8 Å². The molecule has 210 valence electrons. The predicted octanol–water partition coefficient (Wildman–Crippen LogP) is 5.14. The number of ether oxygens (including phenoxy) is 2. The van der Waals surface area contributed by atoms with Crippen LogP contribution in [0.4, 0.5) is 18.0 Å². The molecule has 0 bridgehead atoms. The largest absolute Gasteiger partial charge is 0.497 e. The second-order valence-corrected chi connectivity index (χ2v) is 9.87. The van der Waals surface area contributed by atoms with Crippen LogP contribution >= 0.6 is 11.6 Å². The first-order valence-electron chi connectivity index (χ1n) is 12.0. The third-order valence-electron chi connectivity index (χ3n) is 6.96. The van der Waals surface area contributed by atoms with Crippen LogP contribution in [0.2, 0.25) is 5.02 Å². The van der Waals surface area contributed by atoms with E-state index in [9.17, 15) is 27.6 Å². The Morgan fingerprint density at radius 3 is 2.51 bits per heavy atom. The molecule has 1 fully saturated rings. The normalized spacial score (nSPS) is 17.3. The summed E-state index contributed by atoms with van der Waals surface area (Å²) in [6.45, 7) is 1.14. The van der Waals surface area contributed by atoms with Crippen LogP contribution in [-0.2, 0) is 27.9 Å². The van der Waals surface area contributed by atoms with Gasteiger partial charge in [-0.25, -0.2) is 14.2 Å². The Balaban J connectivity index is 1.54. The number of imide groups is 1. The molecular weight excluding hydrogens is 569 g/mol. The third-order valence-corrected chi connectivity index (χ3v) is 7.29. The maximum absolute atomic E-state index is 13.9. The summed E-state index contributed by atoms with van der Waals surface area (Å²) in [5.41, 5.74) is -2.42. The molecule has 0 radical (unpaired) electrons. The van der Waals surface area contributed by atoms with E-state index in [1.165, 1.54) is 32.2 Å². The summed E-state index contributed by atoms with van der Waals surface area (Å²) in [4.78, 5) is 38.1. The molecule has 1 atom stereocenters. The van der Waals surface area contributed by atoms with Gasteiger partial charge < -0.3 is 14.0 Å². The smallest absolute Gasteiger partial charge is 0.416 e. The zero-order chi connectivity index (χ0) is 29.3. The van der Waals surface area contributed by atoms with Crippen molar-refractivity contribution in [2.24, 2.45) is 0 Å². The zero-order valence-corrected chi connectivity index (χ0v) is 22.0. The van der Waals surface area contributed by atoms with Crippen molar-refractivity contribution >= 4 is 45.6 Å². The number of rotatable bonds is 5. The number of carbonyl (C=O) groups is 2. The summed E-state index contributed by atoms with van der Waals surface area (Å²) in [6, 6.07) is 12.2. The minimum Gasteiger partial charge on any atom is -0.497 e. The SMILES string of the molecule is COc1ccc2c(-n3c(=O)n(Cc4ccc(Cl)c([C@@]5(C)OC(=O)NC5=O)c4)c4cc(C(F)(F)F)ccc43)noc2c1. The van der Waals surface area contributed by atoms with Crippen LogP contribution in [0.3, 0.4) is 0 Å². The Kier molecular flexibility index (Phi) is 5.89. The number of amides is 2. The summed E-state index contributed by atoms with van der Waals surface area (Å²) in [6.07, 6.45) is -5.62. The van der Waals surface area contributed by atoms with Crippen molar-refractivity contribution in [1.29, 1.82) is 0 Å². The Morgan fingerprint density at radius 2 is 1.83 bits per heavy atom. The maximum atomic E-state index is 13.9. The molecule has 41 heavy (non-hydrogen) atoms. The van der Waals surface area contributed by atoms with E-state index < -0.39 is 35.0 Å². The minimum absolute atomic E-state index is 0.0257. The van der Waals surface area contributed by atoms with E-state index in [4.69, 9.17) is 25.6 Å². The number of fused-ring (bicyclic) bond motifs is 2. The van der Waals surface area contributed by atoms with Crippen LogP contribution in [0, 0.1) is 0 Å². The Bertz CT molecular complexity index is 1960. The van der Waals surface area contributed by atoms with Crippen molar-refractivity contribution in [2.75, 3.05) is 7.11 Å². The van der Waals surface area contributed by atoms with Crippen LogP contribution in [0.5, 0.6) is 5.75 Å². The predicted molar refractivity (Wildman–Crippen MR) is 139 cm³/mol. The van der Waals surface area contributed by atoms with Gasteiger partial charge in [-0.2, -0.15) is 13.2 Å². The molecule has 14 heteroatoms.